The van der Waals surface area contributed by atoms with Crippen LogP contribution in [-0.2, 0) is 11.8 Å². The first kappa shape index (κ1) is 13.6. The fourth-order valence-electron chi connectivity index (χ4n) is 2.67. The van der Waals surface area contributed by atoms with Crippen molar-refractivity contribution in [1.82, 2.24) is 14.7 Å². The largest absolute Gasteiger partial charge is 0.481 e. The third-order valence-corrected chi connectivity index (χ3v) is 3.73. The number of rotatable bonds is 2. The van der Waals surface area contributed by atoms with Crippen LogP contribution in [0.25, 0.3) is 0 Å². The summed E-state index contributed by atoms with van der Waals surface area (Å²) in [6.07, 6.45) is 0.513. The standard InChI is InChI=1S/C13H19N3O3/c1-8-7-16(5-4-10(8)13(18)19)12(17)11-6-9(2)14-15(11)3/h6,8,10H,4-5,7H2,1-3H3,(H,18,19). The second-order valence-corrected chi connectivity index (χ2v) is 5.26. The van der Waals surface area contributed by atoms with Gasteiger partial charge in [-0.25, -0.2) is 0 Å². The van der Waals surface area contributed by atoms with Crippen molar-refractivity contribution in [2.24, 2.45) is 18.9 Å². The van der Waals surface area contributed by atoms with Crippen molar-refractivity contribution in [2.75, 3.05) is 13.1 Å². The first-order chi connectivity index (χ1) is 8.90. The molecule has 0 saturated carbocycles. The van der Waals surface area contributed by atoms with E-state index >= 15 is 0 Å². The number of carboxylic acids is 1. The molecule has 1 aliphatic heterocycles. The van der Waals surface area contributed by atoms with Gasteiger partial charge in [0.2, 0.25) is 0 Å². The number of nitrogens with zero attached hydrogens (tertiary/aromatic N) is 3. The molecule has 1 aliphatic rings. The molecule has 0 aliphatic carbocycles. The number of hydrogen-bond donors (Lipinski definition) is 1. The Labute approximate surface area is 112 Å². The number of aryl methyl sites for hydroxylation is 2. The Hall–Kier alpha value is -1.85. The molecule has 0 radical (unpaired) electrons. The molecule has 1 saturated heterocycles. The van der Waals surface area contributed by atoms with Gasteiger partial charge in [0.05, 0.1) is 11.6 Å². The van der Waals surface area contributed by atoms with Crippen molar-refractivity contribution < 1.29 is 14.7 Å². The van der Waals surface area contributed by atoms with Gasteiger partial charge in [0, 0.05) is 20.1 Å². The fourth-order valence-corrected chi connectivity index (χ4v) is 2.67. The van der Waals surface area contributed by atoms with Crippen molar-refractivity contribution in [2.45, 2.75) is 20.3 Å². The van der Waals surface area contributed by atoms with Crippen LogP contribution in [0.3, 0.4) is 0 Å². The molecule has 0 spiro atoms. The molecule has 2 atom stereocenters. The quantitative estimate of drug-likeness (QED) is 0.862. The minimum Gasteiger partial charge on any atom is -0.481 e. The molecule has 1 fully saturated rings. The van der Waals surface area contributed by atoms with Crippen LogP contribution >= 0.6 is 0 Å². The van der Waals surface area contributed by atoms with Crippen LogP contribution in [0.1, 0.15) is 29.5 Å². The molecule has 0 aromatic carbocycles. The molecule has 6 nitrogen and oxygen atoms in total. The minimum absolute atomic E-state index is 0.0236. The third kappa shape index (κ3) is 2.62. The fraction of sp³-hybridized carbons (Fsp3) is 0.615. The zero-order chi connectivity index (χ0) is 14.2. The topological polar surface area (TPSA) is 75.4 Å². The average Bonchev–Trinajstić information content (AvgIpc) is 2.67. The Bertz CT molecular complexity index is 509. The summed E-state index contributed by atoms with van der Waals surface area (Å²) < 4.78 is 1.58. The minimum atomic E-state index is -0.768. The Kier molecular flexibility index (Phi) is 3.59. The molecule has 1 aromatic rings. The van der Waals surface area contributed by atoms with Crippen molar-refractivity contribution in [3.63, 3.8) is 0 Å². The number of amides is 1. The summed E-state index contributed by atoms with van der Waals surface area (Å²) in [4.78, 5) is 25.1. The van der Waals surface area contributed by atoms with E-state index in [1.54, 1.807) is 22.7 Å². The van der Waals surface area contributed by atoms with E-state index in [1.165, 1.54) is 0 Å². The number of likely N-dealkylation sites (tertiary alicyclic amines) is 1. The average molecular weight is 265 g/mol. The Balaban J connectivity index is 2.10. The predicted molar refractivity (Wildman–Crippen MR) is 68.8 cm³/mol. The molecule has 2 unspecified atom stereocenters. The molecule has 0 bridgehead atoms. The van der Waals surface area contributed by atoms with Crippen LogP contribution in [0, 0.1) is 18.8 Å². The van der Waals surface area contributed by atoms with Gasteiger partial charge in [0.25, 0.3) is 5.91 Å². The van der Waals surface area contributed by atoms with Crippen LogP contribution < -0.4 is 0 Å². The highest BCUT2D eigenvalue weighted by atomic mass is 16.4. The molecule has 2 heterocycles. The van der Waals surface area contributed by atoms with E-state index < -0.39 is 5.97 Å². The molecule has 1 aromatic heterocycles. The monoisotopic (exact) mass is 265 g/mol. The van der Waals surface area contributed by atoms with Crippen LogP contribution in [0.2, 0.25) is 0 Å². The lowest BCUT2D eigenvalue weighted by atomic mass is 9.87. The van der Waals surface area contributed by atoms with Gasteiger partial charge in [-0.1, -0.05) is 6.92 Å². The summed E-state index contributed by atoms with van der Waals surface area (Å²) in [6.45, 7) is 4.70. The van der Waals surface area contributed by atoms with E-state index in [-0.39, 0.29) is 17.7 Å². The SMILES string of the molecule is Cc1cc(C(=O)N2CCC(C(=O)O)C(C)C2)n(C)n1. The summed E-state index contributed by atoms with van der Waals surface area (Å²) in [7, 11) is 1.74. The van der Waals surface area contributed by atoms with Crippen LogP contribution in [0.4, 0.5) is 0 Å². The summed E-state index contributed by atoms with van der Waals surface area (Å²) in [5.74, 6) is -1.21. The highest BCUT2D eigenvalue weighted by Gasteiger charge is 2.33. The van der Waals surface area contributed by atoms with Gasteiger partial charge in [-0.15, -0.1) is 0 Å². The number of piperidine rings is 1. The smallest absolute Gasteiger partial charge is 0.306 e. The van der Waals surface area contributed by atoms with Gasteiger partial charge in [-0.05, 0) is 25.3 Å². The van der Waals surface area contributed by atoms with E-state index in [2.05, 4.69) is 5.10 Å². The van der Waals surface area contributed by atoms with Crippen molar-refractivity contribution in [3.05, 3.63) is 17.5 Å². The van der Waals surface area contributed by atoms with Crippen LogP contribution in [0.5, 0.6) is 0 Å². The van der Waals surface area contributed by atoms with Crippen molar-refractivity contribution in [3.8, 4) is 0 Å². The number of carbonyl (C=O) groups excluding carboxylic acids is 1. The molecule has 1 amide bonds. The molecular formula is C13H19N3O3. The molecule has 6 heteroatoms. The Morgan fingerprint density at radius 3 is 2.63 bits per heavy atom. The number of hydrogen-bond acceptors (Lipinski definition) is 3. The molecule has 2 rings (SSSR count). The Morgan fingerprint density at radius 1 is 1.47 bits per heavy atom. The predicted octanol–water partition coefficient (Wildman–Crippen LogP) is 0.911. The van der Waals surface area contributed by atoms with E-state index in [9.17, 15) is 9.59 Å². The maximum atomic E-state index is 12.4. The second-order valence-electron chi connectivity index (χ2n) is 5.26. The van der Waals surface area contributed by atoms with E-state index in [0.717, 1.165) is 5.69 Å². The molecule has 1 N–H and O–H groups in total. The van der Waals surface area contributed by atoms with Crippen molar-refractivity contribution in [1.29, 1.82) is 0 Å². The van der Waals surface area contributed by atoms with E-state index in [0.29, 0.717) is 25.2 Å². The lowest BCUT2D eigenvalue weighted by Gasteiger charge is -2.34. The number of carboxylic acid groups (broad SMARTS) is 1. The van der Waals surface area contributed by atoms with Gasteiger partial charge >= 0.3 is 5.97 Å². The van der Waals surface area contributed by atoms with Gasteiger partial charge in [-0.2, -0.15) is 5.10 Å². The Morgan fingerprint density at radius 2 is 2.16 bits per heavy atom. The second kappa shape index (κ2) is 5.03. The maximum absolute atomic E-state index is 12.4. The first-order valence-corrected chi connectivity index (χ1v) is 6.43. The highest BCUT2D eigenvalue weighted by molar-refractivity contribution is 5.92. The summed E-state index contributed by atoms with van der Waals surface area (Å²) in [5.41, 5.74) is 1.36. The molecule has 19 heavy (non-hydrogen) atoms. The number of aromatic nitrogens is 2. The first-order valence-electron chi connectivity index (χ1n) is 6.43. The van der Waals surface area contributed by atoms with Crippen LogP contribution in [0.15, 0.2) is 6.07 Å². The highest BCUT2D eigenvalue weighted by Crippen LogP contribution is 2.24. The van der Waals surface area contributed by atoms with Crippen molar-refractivity contribution >= 4 is 11.9 Å². The lowest BCUT2D eigenvalue weighted by Crippen LogP contribution is -2.45. The summed E-state index contributed by atoms with van der Waals surface area (Å²) in [5, 5.41) is 13.2. The van der Waals surface area contributed by atoms with Gasteiger partial charge < -0.3 is 10.0 Å². The molecule has 104 valence electrons. The zero-order valence-electron chi connectivity index (χ0n) is 11.5. The van der Waals surface area contributed by atoms with Crippen LogP contribution in [-0.4, -0.2) is 44.8 Å². The summed E-state index contributed by atoms with van der Waals surface area (Å²) >= 11 is 0. The van der Waals surface area contributed by atoms with E-state index in [1.807, 2.05) is 13.8 Å². The van der Waals surface area contributed by atoms with Gasteiger partial charge in [0.15, 0.2) is 0 Å². The maximum Gasteiger partial charge on any atom is 0.306 e. The van der Waals surface area contributed by atoms with Gasteiger partial charge in [0.1, 0.15) is 5.69 Å². The normalized spacial score (nSPS) is 23.4. The van der Waals surface area contributed by atoms with Gasteiger partial charge in [-0.3, -0.25) is 14.3 Å². The number of aliphatic carboxylic acids is 1. The zero-order valence-corrected chi connectivity index (χ0v) is 11.5. The molecular weight excluding hydrogens is 246 g/mol. The third-order valence-electron chi connectivity index (χ3n) is 3.73. The summed E-state index contributed by atoms with van der Waals surface area (Å²) in [6, 6.07) is 1.76. The van der Waals surface area contributed by atoms with E-state index in [4.69, 9.17) is 5.11 Å². The number of carbonyl (C=O) groups is 2. The lowest BCUT2D eigenvalue weighted by molar-refractivity contribution is -0.145.